The molecule has 1 aliphatic heterocycles. The van der Waals surface area contributed by atoms with Gasteiger partial charge in [0, 0.05) is 42.2 Å². The molecule has 1 amide bonds. The van der Waals surface area contributed by atoms with Crippen LogP contribution < -0.4 is 5.32 Å². The first-order chi connectivity index (χ1) is 19.7. The fraction of sp³-hybridized carbons (Fsp3) is 0.571. The van der Waals surface area contributed by atoms with Gasteiger partial charge in [-0.05, 0) is 57.8 Å². The largest absolute Gasteiger partial charge is 0.454 e. The summed E-state index contributed by atoms with van der Waals surface area (Å²) in [4.78, 5) is 36.6. The van der Waals surface area contributed by atoms with Crippen molar-refractivity contribution in [2.75, 3.05) is 18.6 Å². The minimum atomic E-state index is -0.790. The monoisotopic (exact) mass is 599 g/mol. The number of amides is 1. The lowest BCUT2D eigenvalue weighted by Crippen LogP contribution is -2.34. The highest BCUT2D eigenvalue weighted by atomic mass is 32.2. The maximum Gasteiger partial charge on any atom is 0.331 e. The van der Waals surface area contributed by atoms with Crippen molar-refractivity contribution in [3.63, 3.8) is 0 Å². The average Bonchev–Trinajstić information content (AvgIpc) is 2.92. The Morgan fingerprint density at radius 2 is 1.76 bits per heavy atom. The number of esters is 1. The number of carbonyl (C=O) groups is 3. The summed E-state index contributed by atoms with van der Waals surface area (Å²) in [6.07, 6.45) is 19.5. The van der Waals surface area contributed by atoms with E-state index >= 15 is 0 Å². The van der Waals surface area contributed by atoms with Crippen molar-refractivity contribution in [2.24, 2.45) is 29.6 Å². The number of thioether (sulfide) groups is 1. The van der Waals surface area contributed by atoms with Gasteiger partial charge in [0.05, 0.1) is 6.10 Å². The number of Topliss-reactive ketones (excluding diaryl/α,β-unsaturated/α-hetero) is 1. The van der Waals surface area contributed by atoms with Crippen molar-refractivity contribution >= 4 is 29.4 Å². The minimum Gasteiger partial charge on any atom is -0.454 e. The zero-order valence-corrected chi connectivity index (χ0v) is 27.9. The molecule has 6 nitrogen and oxygen atoms in total. The normalized spacial score (nSPS) is 22.1. The quantitative estimate of drug-likeness (QED) is 0.0828. The highest BCUT2D eigenvalue weighted by molar-refractivity contribution is 7.98. The molecular formula is C35H53NO5S. The highest BCUT2D eigenvalue weighted by Gasteiger charge is 2.29. The first-order valence-electron chi connectivity index (χ1n) is 15.0. The van der Waals surface area contributed by atoms with Crippen molar-refractivity contribution in [3.05, 3.63) is 71.4 Å². The highest BCUT2D eigenvalue weighted by Crippen LogP contribution is 2.24. The molecule has 0 spiro atoms. The Hall–Kier alpha value is -2.64. The van der Waals surface area contributed by atoms with Crippen LogP contribution in [0.2, 0.25) is 0 Å². The first kappa shape index (κ1) is 37.4. The van der Waals surface area contributed by atoms with Crippen molar-refractivity contribution in [2.45, 2.75) is 80.4 Å². The second-order valence-electron chi connectivity index (χ2n) is 11.8. The lowest BCUT2D eigenvalue weighted by Gasteiger charge is -2.25. The summed E-state index contributed by atoms with van der Waals surface area (Å²) in [6, 6.07) is 0. The van der Waals surface area contributed by atoms with E-state index in [1.165, 1.54) is 6.08 Å². The smallest absolute Gasteiger partial charge is 0.331 e. The van der Waals surface area contributed by atoms with Gasteiger partial charge >= 0.3 is 5.97 Å². The van der Waals surface area contributed by atoms with Gasteiger partial charge in [-0.2, -0.15) is 11.8 Å². The molecule has 42 heavy (non-hydrogen) atoms. The Morgan fingerprint density at radius 1 is 1.10 bits per heavy atom. The van der Waals surface area contributed by atoms with Crippen LogP contribution in [0.1, 0.15) is 68.2 Å². The molecule has 0 radical (unpaired) electrons. The van der Waals surface area contributed by atoms with Gasteiger partial charge in [0.15, 0.2) is 0 Å². The molecule has 1 heterocycles. The van der Waals surface area contributed by atoms with Gasteiger partial charge < -0.3 is 15.2 Å². The van der Waals surface area contributed by atoms with E-state index in [2.05, 4.69) is 24.4 Å². The van der Waals surface area contributed by atoms with E-state index in [1.807, 2.05) is 78.2 Å². The number of ether oxygens (including phenoxy) is 1. The van der Waals surface area contributed by atoms with E-state index in [9.17, 15) is 19.5 Å². The summed E-state index contributed by atoms with van der Waals surface area (Å²) in [5, 5.41) is 13.7. The van der Waals surface area contributed by atoms with Gasteiger partial charge in [0.25, 0.3) is 0 Å². The topological polar surface area (TPSA) is 92.7 Å². The van der Waals surface area contributed by atoms with Gasteiger partial charge in [0.1, 0.15) is 11.9 Å². The third-order valence-corrected chi connectivity index (χ3v) is 8.04. The van der Waals surface area contributed by atoms with Gasteiger partial charge in [-0.1, -0.05) is 87.8 Å². The number of hydrogen-bond donors (Lipinski definition) is 2. The summed E-state index contributed by atoms with van der Waals surface area (Å²) in [7, 11) is 0. The Morgan fingerprint density at radius 3 is 2.43 bits per heavy atom. The zero-order chi connectivity index (χ0) is 31.8. The number of aliphatic hydroxyl groups excluding tert-OH is 1. The van der Waals surface area contributed by atoms with Crippen molar-refractivity contribution in [3.8, 4) is 0 Å². The summed E-state index contributed by atoms with van der Waals surface area (Å²) in [6.45, 7) is 16.3. The number of cyclic esters (lactones) is 1. The third-order valence-electron chi connectivity index (χ3n) is 7.42. The molecule has 0 fully saturated rings. The summed E-state index contributed by atoms with van der Waals surface area (Å²) in [5.74, 6) is -0.0554. The lowest BCUT2D eigenvalue weighted by atomic mass is 9.83. The Balaban J connectivity index is 2.61. The zero-order valence-electron chi connectivity index (χ0n) is 27.1. The molecule has 0 aromatic rings. The fourth-order valence-electron chi connectivity index (χ4n) is 4.97. The molecule has 1 unspecified atom stereocenters. The molecule has 7 atom stereocenters. The van der Waals surface area contributed by atoms with Crippen molar-refractivity contribution < 1.29 is 24.2 Å². The summed E-state index contributed by atoms with van der Waals surface area (Å²) in [5.41, 5.74) is 3.00. The standard InChI is InChI=1S/C35H53NO5S/c1-23(19-25(3)13-15-31-27(5)14-16-33(38)41-31)11-10-12-24(2)20-28(6)34(39)30(8)35(40)29(7)21-26(4)22-32(37)36-17-18-42-9/h10,12-16,19-20,22-23,27-31,35,40H,11,17-18,21H2,1-9H3,(H,36,37)/b12-10+,15-13+,24-20+,25-19-,26-22+/t23-,27+,28-,29+,30-,31?,35-/m1/s1. The average molecular weight is 600 g/mol. The van der Waals surface area contributed by atoms with Crippen molar-refractivity contribution in [1.29, 1.82) is 0 Å². The Kier molecular flexibility index (Phi) is 17.4. The number of hydrogen-bond acceptors (Lipinski definition) is 6. The number of ketones is 1. The number of allylic oxidation sites excluding steroid dienone is 8. The van der Waals surface area contributed by atoms with Crippen molar-refractivity contribution in [1.82, 2.24) is 5.32 Å². The molecular weight excluding hydrogens is 546 g/mol. The van der Waals surface area contributed by atoms with Crippen LogP contribution in [0.3, 0.4) is 0 Å². The fourth-order valence-corrected chi connectivity index (χ4v) is 5.28. The molecule has 0 saturated heterocycles. The number of nitrogens with one attached hydrogen (secondary N) is 1. The van der Waals surface area contributed by atoms with Gasteiger partial charge in [-0.15, -0.1) is 0 Å². The molecule has 0 aromatic carbocycles. The SMILES string of the molecule is CSCCNC(=O)/C=C(\C)C[C@H](C)[C@@H](O)[C@H](C)C(=O)[C@H](C)/C=C(C)/C=C/C[C@@H](C)/C=C(C)\C=C\C1OC(=O)C=C[C@@H]1C. The molecule has 0 bridgehead atoms. The number of carbonyl (C=O) groups excluding carboxylic acids is 3. The van der Waals surface area contributed by atoms with E-state index in [1.54, 1.807) is 24.8 Å². The van der Waals surface area contributed by atoms with Crippen LogP contribution >= 0.6 is 11.8 Å². The molecule has 1 aliphatic rings. The van der Waals surface area contributed by atoms with E-state index in [0.29, 0.717) is 18.9 Å². The van der Waals surface area contributed by atoms with Crippen LogP contribution in [0.25, 0.3) is 0 Å². The second-order valence-corrected chi connectivity index (χ2v) is 12.8. The first-order valence-corrected chi connectivity index (χ1v) is 16.4. The predicted molar refractivity (Wildman–Crippen MR) is 176 cm³/mol. The van der Waals surface area contributed by atoms with Crippen LogP contribution in [0.4, 0.5) is 0 Å². The number of rotatable bonds is 17. The van der Waals surface area contributed by atoms with Crippen LogP contribution in [0.5, 0.6) is 0 Å². The Bertz CT molecular complexity index is 1080. The number of aliphatic hydroxyl groups is 1. The van der Waals surface area contributed by atoms with E-state index in [-0.39, 0.29) is 41.5 Å². The maximum atomic E-state index is 13.1. The summed E-state index contributed by atoms with van der Waals surface area (Å²) < 4.78 is 5.36. The van der Waals surface area contributed by atoms with Gasteiger partial charge in [-0.25, -0.2) is 4.79 Å². The molecule has 0 aliphatic carbocycles. The van der Waals surface area contributed by atoms with Gasteiger partial charge in [-0.3, -0.25) is 9.59 Å². The van der Waals surface area contributed by atoms with Crippen LogP contribution in [0, 0.1) is 29.6 Å². The molecule has 0 saturated carbocycles. The predicted octanol–water partition coefficient (Wildman–Crippen LogP) is 6.79. The molecule has 0 aromatic heterocycles. The summed E-state index contributed by atoms with van der Waals surface area (Å²) >= 11 is 1.68. The molecule has 7 heteroatoms. The molecule has 1 rings (SSSR count). The second kappa shape index (κ2) is 19.5. The van der Waals surface area contributed by atoms with E-state index < -0.39 is 12.0 Å². The minimum absolute atomic E-state index is 0.00529. The van der Waals surface area contributed by atoms with Gasteiger partial charge in [0.2, 0.25) is 5.91 Å². The molecule has 2 N–H and O–H groups in total. The maximum absolute atomic E-state index is 13.1. The van der Waals surface area contributed by atoms with E-state index in [4.69, 9.17) is 4.74 Å². The third kappa shape index (κ3) is 14.5. The van der Waals surface area contributed by atoms with Crippen LogP contribution in [-0.4, -0.2) is 53.5 Å². The van der Waals surface area contributed by atoms with E-state index in [0.717, 1.165) is 28.9 Å². The van der Waals surface area contributed by atoms with Crippen LogP contribution in [-0.2, 0) is 19.1 Å². The Labute approximate surface area is 258 Å². The van der Waals surface area contributed by atoms with Crippen LogP contribution in [0.15, 0.2) is 71.4 Å². The lowest BCUT2D eigenvalue weighted by molar-refractivity contribution is -0.143. The molecule has 234 valence electrons.